The van der Waals surface area contributed by atoms with E-state index in [0.29, 0.717) is 11.4 Å². The second kappa shape index (κ2) is 12.7. The molecule has 0 aliphatic heterocycles. The highest BCUT2D eigenvalue weighted by atomic mass is 35.5. The van der Waals surface area contributed by atoms with Crippen LogP contribution in [0.2, 0.25) is 10.0 Å². The average Bonchev–Trinajstić information content (AvgIpc) is 2.85. The number of halogens is 3. The Kier molecular flexibility index (Phi) is 9.70. The van der Waals surface area contributed by atoms with E-state index in [9.17, 15) is 14.0 Å². The number of nitrogens with one attached hydrogen (secondary N) is 1. The van der Waals surface area contributed by atoms with Gasteiger partial charge in [0.2, 0.25) is 11.8 Å². The molecule has 4 nitrogen and oxygen atoms in total. The summed E-state index contributed by atoms with van der Waals surface area (Å²) in [5.74, 6) is -1.21. The van der Waals surface area contributed by atoms with Crippen molar-refractivity contribution in [3.63, 3.8) is 0 Å². The first-order chi connectivity index (χ1) is 16.8. The highest BCUT2D eigenvalue weighted by Gasteiger charge is 2.31. The molecular formula is C28H29Cl2FN2O2. The topological polar surface area (TPSA) is 49.4 Å². The van der Waals surface area contributed by atoms with Gasteiger partial charge in [0.1, 0.15) is 11.9 Å². The third-order valence-corrected chi connectivity index (χ3v) is 6.53. The summed E-state index contributed by atoms with van der Waals surface area (Å²) in [4.78, 5) is 28.7. The van der Waals surface area contributed by atoms with Gasteiger partial charge in [-0.3, -0.25) is 9.59 Å². The van der Waals surface area contributed by atoms with E-state index >= 15 is 0 Å². The summed E-state index contributed by atoms with van der Waals surface area (Å²) >= 11 is 12.3. The summed E-state index contributed by atoms with van der Waals surface area (Å²) in [7, 11) is 0. The minimum atomic E-state index is -0.805. The standard InChI is InChI=1S/C28H29Cl2FN2O2/c1-3-19(2)32-28(35)26(16-20-8-5-4-6-9-20)33(18-21-12-14-22(29)15-13-21)27(34)17-23-24(30)10-7-11-25(23)31/h4-15,19,26H,3,16-18H2,1-2H3,(H,32,35)/t19-,26-/m0/s1. The maximum absolute atomic E-state index is 14.5. The van der Waals surface area contributed by atoms with Crippen molar-refractivity contribution in [2.75, 3.05) is 0 Å². The first-order valence-corrected chi connectivity index (χ1v) is 12.3. The maximum Gasteiger partial charge on any atom is 0.243 e. The van der Waals surface area contributed by atoms with Crippen LogP contribution in [0.3, 0.4) is 0 Å². The predicted octanol–water partition coefficient (Wildman–Crippen LogP) is 6.23. The normalized spacial score (nSPS) is 12.6. The molecular weight excluding hydrogens is 486 g/mol. The van der Waals surface area contributed by atoms with Crippen LogP contribution < -0.4 is 5.32 Å². The van der Waals surface area contributed by atoms with Crippen molar-refractivity contribution >= 4 is 35.0 Å². The molecule has 3 rings (SSSR count). The summed E-state index contributed by atoms with van der Waals surface area (Å²) in [5.41, 5.74) is 1.83. The summed E-state index contributed by atoms with van der Waals surface area (Å²) < 4.78 is 14.5. The van der Waals surface area contributed by atoms with Crippen LogP contribution in [-0.4, -0.2) is 28.8 Å². The lowest BCUT2D eigenvalue weighted by Crippen LogP contribution is -2.52. The second-order valence-corrected chi connectivity index (χ2v) is 9.39. The van der Waals surface area contributed by atoms with Crippen molar-refractivity contribution < 1.29 is 14.0 Å². The van der Waals surface area contributed by atoms with E-state index in [0.717, 1.165) is 17.5 Å². The first kappa shape index (κ1) is 26.7. The van der Waals surface area contributed by atoms with Crippen molar-refractivity contribution in [1.82, 2.24) is 10.2 Å². The van der Waals surface area contributed by atoms with Gasteiger partial charge in [0.25, 0.3) is 0 Å². The van der Waals surface area contributed by atoms with Crippen LogP contribution in [0.15, 0.2) is 72.8 Å². The van der Waals surface area contributed by atoms with Gasteiger partial charge in [-0.25, -0.2) is 4.39 Å². The maximum atomic E-state index is 14.5. The summed E-state index contributed by atoms with van der Waals surface area (Å²) in [5, 5.41) is 3.76. The van der Waals surface area contributed by atoms with Gasteiger partial charge in [-0.05, 0) is 48.7 Å². The molecule has 0 spiro atoms. The summed E-state index contributed by atoms with van der Waals surface area (Å²) in [6, 6.07) is 20.1. The van der Waals surface area contributed by atoms with Crippen LogP contribution in [0, 0.1) is 5.82 Å². The van der Waals surface area contributed by atoms with Gasteiger partial charge in [-0.2, -0.15) is 0 Å². The fourth-order valence-corrected chi connectivity index (χ4v) is 4.09. The van der Waals surface area contributed by atoms with Crippen LogP contribution in [-0.2, 0) is 29.0 Å². The molecule has 0 aliphatic rings. The van der Waals surface area contributed by atoms with E-state index in [1.54, 1.807) is 18.2 Å². The van der Waals surface area contributed by atoms with E-state index < -0.39 is 17.8 Å². The van der Waals surface area contributed by atoms with Gasteiger partial charge in [-0.15, -0.1) is 0 Å². The van der Waals surface area contributed by atoms with Gasteiger partial charge < -0.3 is 10.2 Å². The predicted molar refractivity (Wildman–Crippen MR) is 139 cm³/mol. The Morgan fingerprint density at radius 1 is 0.943 bits per heavy atom. The molecule has 0 fully saturated rings. The molecule has 1 N–H and O–H groups in total. The molecule has 0 saturated heterocycles. The summed E-state index contributed by atoms with van der Waals surface area (Å²) in [6.07, 6.45) is 0.800. The molecule has 0 radical (unpaired) electrons. The molecule has 0 unspecified atom stereocenters. The molecule has 7 heteroatoms. The van der Waals surface area contributed by atoms with E-state index in [-0.39, 0.29) is 35.5 Å². The molecule has 3 aromatic rings. The number of carbonyl (C=O) groups excluding carboxylic acids is 2. The Balaban J connectivity index is 2.00. The Hall–Kier alpha value is -2.89. The van der Waals surface area contributed by atoms with Crippen molar-refractivity contribution in [3.8, 4) is 0 Å². The zero-order chi connectivity index (χ0) is 25.4. The fraction of sp³-hybridized carbons (Fsp3) is 0.286. The average molecular weight is 515 g/mol. The Morgan fingerprint density at radius 3 is 2.26 bits per heavy atom. The van der Waals surface area contributed by atoms with Crippen LogP contribution in [0.25, 0.3) is 0 Å². The minimum absolute atomic E-state index is 0.0609. The molecule has 2 amide bonds. The van der Waals surface area contributed by atoms with E-state index in [2.05, 4.69) is 5.32 Å². The van der Waals surface area contributed by atoms with Crippen LogP contribution in [0.4, 0.5) is 4.39 Å². The van der Waals surface area contributed by atoms with Crippen molar-refractivity contribution in [2.45, 2.75) is 51.7 Å². The SMILES string of the molecule is CC[C@H](C)NC(=O)[C@H](Cc1ccccc1)N(Cc1ccc(Cl)cc1)C(=O)Cc1c(F)cccc1Cl. The van der Waals surface area contributed by atoms with E-state index in [4.69, 9.17) is 23.2 Å². The second-order valence-electron chi connectivity index (χ2n) is 8.55. The molecule has 0 aromatic heterocycles. The number of nitrogens with zero attached hydrogens (tertiary/aromatic N) is 1. The highest BCUT2D eigenvalue weighted by molar-refractivity contribution is 6.31. The Labute approximate surface area is 216 Å². The third-order valence-electron chi connectivity index (χ3n) is 5.93. The monoisotopic (exact) mass is 514 g/mol. The Morgan fingerprint density at radius 2 is 1.63 bits per heavy atom. The molecule has 2 atom stereocenters. The van der Waals surface area contributed by atoms with Gasteiger partial charge in [0.15, 0.2) is 0 Å². The molecule has 0 saturated carbocycles. The van der Waals surface area contributed by atoms with Crippen LogP contribution >= 0.6 is 23.2 Å². The molecule has 35 heavy (non-hydrogen) atoms. The lowest BCUT2D eigenvalue weighted by atomic mass is 10.0. The van der Waals surface area contributed by atoms with Crippen molar-refractivity contribution in [3.05, 3.63) is 105 Å². The van der Waals surface area contributed by atoms with Crippen molar-refractivity contribution in [2.24, 2.45) is 0 Å². The molecule has 0 aliphatic carbocycles. The van der Waals surface area contributed by atoms with Gasteiger partial charge >= 0.3 is 0 Å². The molecule has 0 heterocycles. The highest BCUT2D eigenvalue weighted by Crippen LogP contribution is 2.23. The fourth-order valence-electron chi connectivity index (χ4n) is 3.74. The van der Waals surface area contributed by atoms with E-state index in [1.807, 2.05) is 56.3 Å². The zero-order valence-corrected chi connectivity index (χ0v) is 21.3. The largest absolute Gasteiger partial charge is 0.352 e. The third kappa shape index (κ3) is 7.55. The van der Waals surface area contributed by atoms with Gasteiger partial charge in [0.05, 0.1) is 6.42 Å². The number of hydrogen-bond acceptors (Lipinski definition) is 2. The number of amides is 2. The van der Waals surface area contributed by atoms with Crippen LogP contribution in [0.1, 0.15) is 37.0 Å². The number of carbonyl (C=O) groups is 2. The molecule has 3 aromatic carbocycles. The lowest BCUT2D eigenvalue weighted by molar-refractivity contribution is -0.141. The minimum Gasteiger partial charge on any atom is -0.352 e. The zero-order valence-electron chi connectivity index (χ0n) is 19.8. The molecule has 0 bridgehead atoms. The number of hydrogen-bond donors (Lipinski definition) is 1. The molecule has 184 valence electrons. The lowest BCUT2D eigenvalue weighted by Gasteiger charge is -2.32. The summed E-state index contributed by atoms with van der Waals surface area (Å²) in [6.45, 7) is 4.06. The number of rotatable bonds is 10. The smallest absolute Gasteiger partial charge is 0.243 e. The van der Waals surface area contributed by atoms with Gasteiger partial charge in [-0.1, -0.05) is 78.7 Å². The number of benzene rings is 3. The van der Waals surface area contributed by atoms with E-state index in [1.165, 1.54) is 17.0 Å². The van der Waals surface area contributed by atoms with Crippen molar-refractivity contribution in [1.29, 1.82) is 0 Å². The van der Waals surface area contributed by atoms with Crippen LogP contribution in [0.5, 0.6) is 0 Å². The Bertz CT molecular complexity index is 1120. The quantitative estimate of drug-likeness (QED) is 0.348. The van der Waals surface area contributed by atoms with Gasteiger partial charge in [0, 0.05) is 34.6 Å². The first-order valence-electron chi connectivity index (χ1n) is 11.6.